The summed E-state index contributed by atoms with van der Waals surface area (Å²) in [5.41, 5.74) is 3.08. The van der Waals surface area contributed by atoms with Crippen LogP contribution >= 0.6 is 0 Å². The van der Waals surface area contributed by atoms with Crippen LogP contribution in [0.1, 0.15) is 27.2 Å². The first-order valence-corrected chi connectivity index (χ1v) is 8.74. The minimum absolute atomic E-state index is 0.183. The molecule has 1 heterocycles. The van der Waals surface area contributed by atoms with Crippen molar-refractivity contribution in [1.82, 2.24) is 9.88 Å². The maximum Gasteiger partial charge on any atom is 0.196 e. The smallest absolute Gasteiger partial charge is 0.196 e. The fraction of sp³-hybridized carbons (Fsp3) is 0.0870. The molecule has 0 amide bonds. The Kier molecular flexibility index (Phi) is 4.25. The van der Waals surface area contributed by atoms with Gasteiger partial charge in [0.05, 0.1) is 22.5 Å². The quantitative estimate of drug-likeness (QED) is 0.533. The highest BCUT2D eigenvalue weighted by atomic mass is 19.1. The van der Waals surface area contributed by atoms with Gasteiger partial charge in [0.1, 0.15) is 11.9 Å². The standard InChI is InChI=1S/C23H16FN3O/c1-27(2)12-11-19-17(13-25)20(16-9-5-6-10-18(16)24)21-22(26-19)14-7-3-4-8-15(14)23(21)28/h3-12H,1-2H3/b12-11-. The lowest BCUT2D eigenvalue weighted by atomic mass is 9.92. The topological polar surface area (TPSA) is 57.0 Å². The minimum Gasteiger partial charge on any atom is -0.383 e. The highest BCUT2D eigenvalue weighted by Gasteiger charge is 2.34. The summed E-state index contributed by atoms with van der Waals surface area (Å²) >= 11 is 0. The summed E-state index contributed by atoms with van der Waals surface area (Å²) in [5, 5.41) is 9.88. The van der Waals surface area contributed by atoms with Gasteiger partial charge in [-0.25, -0.2) is 9.37 Å². The zero-order valence-electron chi connectivity index (χ0n) is 15.4. The van der Waals surface area contributed by atoms with Gasteiger partial charge in [-0.2, -0.15) is 5.26 Å². The monoisotopic (exact) mass is 369 g/mol. The van der Waals surface area contributed by atoms with Gasteiger partial charge in [0.2, 0.25) is 0 Å². The van der Waals surface area contributed by atoms with E-state index in [2.05, 4.69) is 11.1 Å². The second-order valence-electron chi connectivity index (χ2n) is 6.72. The first-order valence-electron chi connectivity index (χ1n) is 8.74. The van der Waals surface area contributed by atoms with Crippen molar-refractivity contribution < 1.29 is 9.18 Å². The van der Waals surface area contributed by atoms with Crippen molar-refractivity contribution in [3.8, 4) is 28.5 Å². The van der Waals surface area contributed by atoms with E-state index in [1.165, 1.54) is 6.07 Å². The van der Waals surface area contributed by atoms with E-state index in [9.17, 15) is 14.4 Å². The van der Waals surface area contributed by atoms with E-state index in [-0.39, 0.29) is 22.5 Å². The Morgan fingerprint density at radius 2 is 1.64 bits per heavy atom. The molecule has 0 radical (unpaired) electrons. The molecule has 0 atom stereocenters. The van der Waals surface area contributed by atoms with Crippen LogP contribution in [0.2, 0.25) is 0 Å². The number of aromatic nitrogens is 1. The SMILES string of the molecule is CN(C)/C=C\c1nc2c(c(-c3ccccc3F)c1C#N)C(=O)c1ccccc1-2. The molecule has 4 nitrogen and oxygen atoms in total. The summed E-state index contributed by atoms with van der Waals surface area (Å²) in [6.45, 7) is 0. The van der Waals surface area contributed by atoms with Crippen molar-refractivity contribution in [2.24, 2.45) is 0 Å². The molecule has 0 bridgehead atoms. The Balaban J connectivity index is 2.13. The van der Waals surface area contributed by atoms with E-state index >= 15 is 0 Å². The lowest BCUT2D eigenvalue weighted by Gasteiger charge is -2.14. The molecule has 1 aliphatic rings. The second-order valence-corrected chi connectivity index (χ2v) is 6.72. The molecule has 2 aromatic carbocycles. The van der Waals surface area contributed by atoms with Gasteiger partial charge in [-0.1, -0.05) is 42.5 Å². The molecule has 0 unspecified atom stereocenters. The normalized spacial score (nSPS) is 12.0. The second kappa shape index (κ2) is 6.75. The number of hydrogen-bond acceptors (Lipinski definition) is 4. The van der Waals surface area contributed by atoms with Crippen LogP contribution in [0.3, 0.4) is 0 Å². The summed E-state index contributed by atoms with van der Waals surface area (Å²) in [6.07, 6.45) is 3.47. The summed E-state index contributed by atoms with van der Waals surface area (Å²) < 4.78 is 14.7. The van der Waals surface area contributed by atoms with Crippen molar-refractivity contribution in [3.05, 3.63) is 82.9 Å². The van der Waals surface area contributed by atoms with Crippen molar-refractivity contribution in [2.45, 2.75) is 0 Å². The molecule has 0 spiro atoms. The number of carbonyl (C=O) groups is 1. The third-order valence-electron chi connectivity index (χ3n) is 4.66. The molecule has 3 aromatic rings. The third-order valence-corrected chi connectivity index (χ3v) is 4.66. The van der Waals surface area contributed by atoms with Crippen molar-refractivity contribution in [3.63, 3.8) is 0 Å². The van der Waals surface area contributed by atoms with E-state index in [0.29, 0.717) is 28.1 Å². The average Bonchev–Trinajstić information content (AvgIpc) is 2.98. The number of hydrogen-bond donors (Lipinski definition) is 0. The van der Waals surface area contributed by atoms with Gasteiger partial charge >= 0.3 is 0 Å². The van der Waals surface area contributed by atoms with Crippen LogP contribution in [0.4, 0.5) is 4.39 Å². The van der Waals surface area contributed by atoms with Crippen molar-refractivity contribution >= 4 is 11.9 Å². The first-order chi connectivity index (χ1) is 13.5. The Labute approximate surface area is 162 Å². The van der Waals surface area contributed by atoms with Gasteiger partial charge in [-0.3, -0.25) is 4.79 Å². The molecular formula is C23H16FN3O. The fourth-order valence-corrected chi connectivity index (χ4v) is 3.43. The van der Waals surface area contributed by atoms with E-state index in [1.54, 1.807) is 42.6 Å². The van der Waals surface area contributed by atoms with Gasteiger partial charge in [-0.05, 0) is 12.1 Å². The number of pyridine rings is 1. The van der Waals surface area contributed by atoms with Crippen LogP contribution in [-0.4, -0.2) is 29.8 Å². The van der Waals surface area contributed by atoms with E-state index in [1.807, 2.05) is 31.1 Å². The Bertz CT molecular complexity index is 1190. The first kappa shape index (κ1) is 17.6. The fourth-order valence-electron chi connectivity index (χ4n) is 3.43. The minimum atomic E-state index is -0.487. The van der Waals surface area contributed by atoms with Crippen LogP contribution in [0.5, 0.6) is 0 Å². The van der Waals surface area contributed by atoms with Gasteiger partial charge in [0.15, 0.2) is 5.78 Å². The number of rotatable bonds is 3. The maximum absolute atomic E-state index is 14.7. The van der Waals surface area contributed by atoms with Crippen LogP contribution in [0.15, 0.2) is 54.7 Å². The largest absolute Gasteiger partial charge is 0.383 e. The summed E-state index contributed by atoms with van der Waals surface area (Å²) in [4.78, 5) is 19.6. The third kappa shape index (κ3) is 2.67. The Morgan fingerprint density at radius 3 is 2.29 bits per heavy atom. The van der Waals surface area contributed by atoms with Gasteiger partial charge < -0.3 is 4.90 Å². The Morgan fingerprint density at radius 1 is 1.00 bits per heavy atom. The molecule has 0 fully saturated rings. The maximum atomic E-state index is 14.7. The number of fused-ring (bicyclic) bond motifs is 3. The zero-order chi connectivity index (χ0) is 19.8. The summed E-state index contributed by atoms with van der Waals surface area (Å²) in [6, 6.07) is 15.5. The summed E-state index contributed by atoms with van der Waals surface area (Å²) in [7, 11) is 3.71. The highest BCUT2D eigenvalue weighted by Crippen LogP contribution is 2.43. The molecule has 0 saturated heterocycles. The number of nitrogens with zero attached hydrogens (tertiary/aromatic N) is 3. The van der Waals surface area contributed by atoms with Crippen LogP contribution < -0.4 is 0 Å². The molecule has 1 aromatic heterocycles. The lowest BCUT2D eigenvalue weighted by Crippen LogP contribution is -2.06. The molecule has 0 N–H and O–H groups in total. The highest BCUT2D eigenvalue weighted by molar-refractivity contribution is 6.24. The van der Waals surface area contributed by atoms with Crippen LogP contribution in [0, 0.1) is 17.1 Å². The number of nitriles is 1. The molecule has 4 rings (SSSR count). The molecule has 5 heteroatoms. The number of ketones is 1. The lowest BCUT2D eigenvalue weighted by molar-refractivity contribution is 0.104. The predicted molar refractivity (Wildman–Crippen MR) is 106 cm³/mol. The average molecular weight is 369 g/mol. The van der Waals surface area contributed by atoms with Gasteiger partial charge in [0, 0.05) is 42.5 Å². The predicted octanol–water partition coefficient (Wildman–Crippen LogP) is 4.50. The summed E-state index contributed by atoms with van der Waals surface area (Å²) in [5.74, 6) is -0.727. The van der Waals surface area contributed by atoms with Crippen molar-refractivity contribution in [2.75, 3.05) is 14.1 Å². The molecular weight excluding hydrogens is 353 g/mol. The number of benzene rings is 2. The molecule has 1 aliphatic carbocycles. The number of halogens is 1. The van der Waals surface area contributed by atoms with E-state index in [0.717, 1.165) is 0 Å². The molecule has 0 saturated carbocycles. The van der Waals surface area contributed by atoms with Gasteiger partial charge in [0.25, 0.3) is 0 Å². The molecule has 28 heavy (non-hydrogen) atoms. The van der Waals surface area contributed by atoms with Crippen LogP contribution in [0.25, 0.3) is 28.5 Å². The Hall–Kier alpha value is -3.78. The van der Waals surface area contributed by atoms with Crippen LogP contribution in [-0.2, 0) is 0 Å². The van der Waals surface area contributed by atoms with E-state index < -0.39 is 5.82 Å². The number of carbonyl (C=O) groups excluding carboxylic acids is 1. The molecule has 0 aliphatic heterocycles. The van der Waals surface area contributed by atoms with Crippen molar-refractivity contribution in [1.29, 1.82) is 5.26 Å². The van der Waals surface area contributed by atoms with Gasteiger partial charge in [-0.15, -0.1) is 0 Å². The molecule has 136 valence electrons. The van der Waals surface area contributed by atoms with E-state index in [4.69, 9.17) is 0 Å². The zero-order valence-corrected chi connectivity index (χ0v) is 15.4.